The molecule has 1 heterocycles. The number of anilines is 1. The molecular formula is C24H22ClN3O2S. The van der Waals surface area contributed by atoms with Gasteiger partial charge in [0.05, 0.1) is 16.8 Å². The second kappa shape index (κ2) is 7.94. The van der Waals surface area contributed by atoms with Crippen molar-refractivity contribution in [2.24, 2.45) is 0 Å². The monoisotopic (exact) mass is 451 g/mol. The van der Waals surface area contributed by atoms with Gasteiger partial charge in [-0.2, -0.15) is 5.10 Å². The van der Waals surface area contributed by atoms with Gasteiger partial charge in [0.2, 0.25) is 0 Å². The van der Waals surface area contributed by atoms with Crippen LogP contribution in [0.5, 0.6) is 0 Å². The Morgan fingerprint density at radius 3 is 2.35 bits per heavy atom. The number of aromatic nitrogens is 2. The van der Waals surface area contributed by atoms with E-state index in [0.29, 0.717) is 22.0 Å². The Balaban J connectivity index is 1.78. The number of benzene rings is 3. The molecule has 158 valence electrons. The summed E-state index contributed by atoms with van der Waals surface area (Å²) in [5, 5.41) is 10.6. The minimum atomic E-state index is -3.81. The van der Waals surface area contributed by atoms with Crippen molar-refractivity contribution >= 4 is 38.1 Å². The average molecular weight is 452 g/mol. The molecular weight excluding hydrogens is 430 g/mol. The van der Waals surface area contributed by atoms with Gasteiger partial charge >= 0.3 is 0 Å². The highest BCUT2D eigenvalue weighted by Crippen LogP contribution is 2.35. The average Bonchev–Trinajstić information content (AvgIpc) is 2.74. The van der Waals surface area contributed by atoms with Crippen LogP contribution in [0.25, 0.3) is 22.0 Å². The molecule has 4 rings (SSSR count). The largest absolute Gasteiger partial charge is 0.279 e. The molecule has 31 heavy (non-hydrogen) atoms. The molecule has 0 spiro atoms. The Labute approximate surface area is 187 Å². The Morgan fingerprint density at radius 1 is 0.935 bits per heavy atom. The number of sulfonamides is 1. The fraction of sp³-hybridized carbons (Fsp3) is 0.167. The predicted octanol–water partition coefficient (Wildman–Crippen LogP) is 6.05. The minimum Gasteiger partial charge on any atom is -0.279 e. The molecule has 4 aromatic rings. The lowest BCUT2D eigenvalue weighted by atomic mass is 9.87. The maximum atomic E-state index is 13.1. The molecule has 0 saturated heterocycles. The molecule has 0 radical (unpaired) electrons. The lowest BCUT2D eigenvalue weighted by Crippen LogP contribution is -2.15. The van der Waals surface area contributed by atoms with E-state index in [1.165, 1.54) is 0 Å². The predicted molar refractivity (Wildman–Crippen MR) is 126 cm³/mol. The Kier molecular flexibility index (Phi) is 5.45. The van der Waals surface area contributed by atoms with E-state index >= 15 is 0 Å². The van der Waals surface area contributed by atoms with E-state index in [9.17, 15) is 8.42 Å². The summed E-state index contributed by atoms with van der Waals surface area (Å²) >= 11 is 6.24. The molecule has 0 saturated carbocycles. The molecule has 1 N–H and O–H groups in total. The SMILES string of the molecule is CC(C)(C)c1ccc(S(=O)(=O)Nc2ccc(Cl)cc2-c2nncc3ccccc23)cc1. The number of hydrogen-bond donors (Lipinski definition) is 1. The first-order valence-corrected chi connectivity index (χ1v) is 11.6. The molecule has 0 atom stereocenters. The van der Waals surface area contributed by atoms with Gasteiger partial charge < -0.3 is 0 Å². The van der Waals surface area contributed by atoms with Crippen LogP contribution in [0.3, 0.4) is 0 Å². The van der Waals surface area contributed by atoms with Crippen LogP contribution in [0, 0.1) is 0 Å². The summed E-state index contributed by atoms with van der Waals surface area (Å²) in [4.78, 5) is 0.186. The highest BCUT2D eigenvalue weighted by molar-refractivity contribution is 7.92. The summed E-state index contributed by atoms with van der Waals surface area (Å²) in [6.45, 7) is 6.25. The van der Waals surface area contributed by atoms with Crippen molar-refractivity contribution in [3.63, 3.8) is 0 Å². The van der Waals surface area contributed by atoms with Gasteiger partial charge in [-0.3, -0.25) is 4.72 Å². The van der Waals surface area contributed by atoms with Crippen LogP contribution in [0.1, 0.15) is 26.3 Å². The van der Waals surface area contributed by atoms with E-state index in [2.05, 4.69) is 35.7 Å². The molecule has 1 aromatic heterocycles. The third-order valence-electron chi connectivity index (χ3n) is 5.08. The Morgan fingerprint density at radius 2 is 1.65 bits per heavy atom. The van der Waals surface area contributed by atoms with E-state index in [1.54, 1.807) is 36.5 Å². The molecule has 7 heteroatoms. The zero-order valence-corrected chi connectivity index (χ0v) is 19.0. The first kappa shape index (κ1) is 21.3. The zero-order chi connectivity index (χ0) is 22.2. The summed E-state index contributed by atoms with van der Waals surface area (Å²) in [5.74, 6) is 0. The van der Waals surface area contributed by atoms with E-state index in [1.807, 2.05) is 36.4 Å². The number of nitrogens with one attached hydrogen (secondary N) is 1. The molecule has 0 amide bonds. The zero-order valence-electron chi connectivity index (χ0n) is 17.4. The maximum Gasteiger partial charge on any atom is 0.261 e. The van der Waals surface area contributed by atoms with Gasteiger partial charge in [-0.25, -0.2) is 8.42 Å². The topological polar surface area (TPSA) is 72.0 Å². The van der Waals surface area contributed by atoms with Crippen molar-refractivity contribution < 1.29 is 8.42 Å². The van der Waals surface area contributed by atoms with Crippen molar-refractivity contribution in [2.45, 2.75) is 31.1 Å². The van der Waals surface area contributed by atoms with E-state index < -0.39 is 10.0 Å². The summed E-state index contributed by atoms with van der Waals surface area (Å²) in [6, 6.07) is 19.6. The number of rotatable bonds is 4. The second-order valence-electron chi connectivity index (χ2n) is 8.35. The third kappa shape index (κ3) is 4.40. The first-order valence-electron chi connectivity index (χ1n) is 9.79. The van der Waals surface area contributed by atoms with Crippen LogP contribution < -0.4 is 4.72 Å². The molecule has 0 aliphatic carbocycles. The normalized spacial score (nSPS) is 12.1. The fourth-order valence-corrected chi connectivity index (χ4v) is 4.62. The standard InChI is InChI=1S/C24H22ClN3O2S/c1-24(2,3)17-8-11-19(12-9-17)31(29,30)28-22-13-10-18(25)14-21(22)23-20-7-5-4-6-16(20)15-26-27-23/h4-15,28H,1-3H3. The van der Waals surface area contributed by atoms with Crippen LogP contribution in [-0.4, -0.2) is 18.6 Å². The first-order chi connectivity index (χ1) is 14.6. The second-order valence-corrected chi connectivity index (χ2v) is 10.5. The number of hydrogen-bond acceptors (Lipinski definition) is 4. The molecule has 5 nitrogen and oxygen atoms in total. The van der Waals surface area contributed by atoms with Crippen molar-refractivity contribution in [1.82, 2.24) is 10.2 Å². The smallest absolute Gasteiger partial charge is 0.261 e. The van der Waals surface area contributed by atoms with Gasteiger partial charge in [-0.1, -0.05) is 68.8 Å². The summed E-state index contributed by atoms with van der Waals surface area (Å²) in [7, 11) is -3.81. The lowest BCUT2D eigenvalue weighted by molar-refractivity contribution is 0.587. The summed E-state index contributed by atoms with van der Waals surface area (Å²) in [6.07, 6.45) is 1.67. The fourth-order valence-electron chi connectivity index (χ4n) is 3.37. The van der Waals surface area contributed by atoms with E-state index in [-0.39, 0.29) is 10.3 Å². The lowest BCUT2D eigenvalue weighted by Gasteiger charge is -2.19. The van der Waals surface area contributed by atoms with Crippen molar-refractivity contribution in [1.29, 1.82) is 0 Å². The molecule has 0 aliphatic heterocycles. The van der Waals surface area contributed by atoms with Crippen LogP contribution in [0.4, 0.5) is 5.69 Å². The quantitative estimate of drug-likeness (QED) is 0.410. The Bertz CT molecular complexity index is 1360. The molecule has 0 bridgehead atoms. The minimum absolute atomic E-state index is 0.0634. The van der Waals surface area contributed by atoms with E-state index in [4.69, 9.17) is 11.6 Å². The molecule has 3 aromatic carbocycles. The molecule has 0 unspecified atom stereocenters. The summed E-state index contributed by atoms with van der Waals surface area (Å²) in [5.41, 5.74) is 2.50. The van der Waals surface area contributed by atoms with Crippen molar-refractivity contribution in [3.05, 3.63) is 83.5 Å². The number of halogens is 1. The highest BCUT2D eigenvalue weighted by atomic mass is 35.5. The van der Waals surface area contributed by atoms with Crippen molar-refractivity contribution in [2.75, 3.05) is 4.72 Å². The maximum absolute atomic E-state index is 13.1. The van der Waals surface area contributed by atoms with Crippen LogP contribution in [0.2, 0.25) is 5.02 Å². The van der Waals surface area contributed by atoms with Crippen LogP contribution in [-0.2, 0) is 15.4 Å². The van der Waals surface area contributed by atoms with Gasteiger partial charge in [0.1, 0.15) is 5.69 Å². The number of nitrogens with zero attached hydrogens (tertiary/aromatic N) is 2. The Hall–Kier alpha value is -2.96. The molecule has 0 fully saturated rings. The van der Waals surface area contributed by atoms with Gasteiger partial charge in [0, 0.05) is 21.4 Å². The number of fused-ring (bicyclic) bond motifs is 1. The molecule has 0 aliphatic rings. The van der Waals surface area contributed by atoms with E-state index in [0.717, 1.165) is 16.3 Å². The van der Waals surface area contributed by atoms with Crippen molar-refractivity contribution in [3.8, 4) is 11.3 Å². The highest BCUT2D eigenvalue weighted by Gasteiger charge is 2.20. The van der Waals surface area contributed by atoms with Gasteiger partial charge in [-0.15, -0.1) is 5.10 Å². The van der Waals surface area contributed by atoms with Gasteiger partial charge in [0.25, 0.3) is 10.0 Å². The summed E-state index contributed by atoms with van der Waals surface area (Å²) < 4.78 is 28.9. The third-order valence-corrected chi connectivity index (χ3v) is 6.70. The van der Waals surface area contributed by atoms with Gasteiger partial charge in [-0.05, 0) is 41.3 Å². The van der Waals surface area contributed by atoms with Crippen LogP contribution >= 0.6 is 11.6 Å². The van der Waals surface area contributed by atoms with Crippen LogP contribution in [0.15, 0.2) is 77.8 Å². The van der Waals surface area contributed by atoms with Gasteiger partial charge in [0.15, 0.2) is 0 Å².